The molecule has 7 heteroatoms. The molecule has 2 aromatic carbocycles. The topological polar surface area (TPSA) is 109 Å². The third-order valence-corrected chi connectivity index (χ3v) is 6.43. The predicted molar refractivity (Wildman–Crippen MR) is 122 cm³/mol. The van der Waals surface area contributed by atoms with Crippen molar-refractivity contribution in [1.29, 1.82) is 0 Å². The molecule has 0 fully saturated rings. The van der Waals surface area contributed by atoms with Crippen LogP contribution in [-0.4, -0.2) is 28.9 Å². The third kappa shape index (κ3) is 6.72. The molecule has 1 aliphatic heterocycles. The van der Waals surface area contributed by atoms with E-state index in [1.807, 2.05) is 30.0 Å². The minimum absolute atomic E-state index is 0.0108. The van der Waals surface area contributed by atoms with E-state index < -0.39 is 17.9 Å². The fraction of sp³-hybridized carbons (Fsp3) is 0.292. The van der Waals surface area contributed by atoms with Crippen LogP contribution < -0.4 is 11.1 Å². The molecule has 0 saturated carbocycles. The van der Waals surface area contributed by atoms with Crippen LogP contribution in [0, 0.1) is 0 Å². The maximum absolute atomic E-state index is 12.1. The highest BCUT2D eigenvalue weighted by molar-refractivity contribution is 8.02. The molecule has 2 aromatic rings. The van der Waals surface area contributed by atoms with Crippen LogP contribution in [0.1, 0.15) is 47.6 Å². The lowest BCUT2D eigenvalue weighted by Gasteiger charge is -2.14. The van der Waals surface area contributed by atoms with Crippen molar-refractivity contribution in [2.24, 2.45) is 5.73 Å². The van der Waals surface area contributed by atoms with Gasteiger partial charge in [-0.05, 0) is 46.9 Å². The van der Waals surface area contributed by atoms with Crippen molar-refractivity contribution < 1.29 is 19.5 Å². The Balaban J connectivity index is 1.48. The largest absolute Gasteiger partial charge is 0.481 e. The van der Waals surface area contributed by atoms with E-state index in [0.717, 1.165) is 12.0 Å². The molecule has 31 heavy (non-hydrogen) atoms. The van der Waals surface area contributed by atoms with Gasteiger partial charge in [0, 0.05) is 18.1 Å². The second kappa shape index (κ2) is 10.8. The summed E-state index contributed by atoms with van der Waals surface area (Å²) in [6, 6.07) is 17.7. The quantitative estimate of drug-likeness (QED) is 0.524. The highest BCUT2D eigenvalue weighted by atomic mass is 32.2. The minimum atomic E-state index is -1.04. The molecular weight excluding hydrogens is 412 g/mol. The average Bonchev–Trinajstić information content (AvgIpc) is 3.26. The molecule has 2 atom stereocenters. The maximum Gasteiger partial charge on any atom is 0.303 e. The zero-order valence-corrected chi connectivity index (χ0v) is 17.9. The summed E-state index contributed by atoms with van der Waals surface area (Å²) in [5.74, 6) is -2.08. The first-order valence-electron chi connectivity index (χ1n) is 10.2. The van der Waals surface area contributed by atoms with Crippen LogP contribution in [0.25, 0.3) is 5.57 Å². The second-order valence-electron chi connectivity index (χ2n) is 7.53. The van der Waals surface area contributed by atoms with Crippen LogP contribution in [-0.2, 0) is 20.8 Å². The Bertz CT molecular complexity index is 957. The summed E-state index contributed by atoms with van der Waals surface area (Å²) >= 11 is 1.83. The van der Waals surface area contributed by atoms with Crippen LogP contribution in [0.4, 0.5) is 0 Å². The number of carbonyl (C=O) groups is 3. The monoisotopic (exact) mass is 438 g/mol. The van der Waals surface area contributed by atoms with Gasteiger partial charge in [-0.3, -0.25) is 14.4 Å². The van der Waals surface area contributed by atoms with Gasteiger partial charge in [-0.2, -0.15) is 0 Å². The number of rotatable bonds is 10. The molecule has 0 bridgehead atoms. The Morgan fingerprint density at radius 3 is 2.42 bits per heavy atom. The third-order valence-electron chi connectivity index (χ3n) is 5.24. The van der Waals surface area contributed by atoms with Crippen LogP contribution in [0.2, 0.25) is 0 Å². The Morgan fingerprint density at radius 2 is 1.77 bits per heavy atom. The number of benzene rings is 2. The van der Waals surface area contributed by atoms with E-state index in [1.165, 1.54) is 16.7 Å². The molecule has 0 aliphatic carbocycles. The number of amides is 2. The molecule has 3 rings (SSSR count). The molecule has 2 amide bonds. The van der Waals surface area contributed by atoms with E-state index in [2.05, 4.69) is 47.1 Å². The number of hydrogen-bond acceptors (Lipinski definition) is 4. The fourth-order valence-corrected chi connectivity index (χ4v) is 4.62. The van der Waals surface area contributed by atoms with Gasteiger partial charge in [-0.25, -0.2) is 0 Å². The van der Waals surface area contributed by atoms with Gasteiger partial charge in [0.1, 0.15) is 6.04 Å². The van der Waals surface area contributed by atoms with Gasteiger partial charge in [-0.15, -0.1) is 11.8 Å². The summed E-state index contributed by atoms with van der Waals surface area (Å²) in [7, 11) is 0. The van der Waals surface area contributed by atoms with Gasteiger partial charge < -0.3 is 16.2 Å². The molecule has 1 aliphatic rings. The zero-order chi connectivity index (χ0) is 22.2. The van der Waals surface area contributed by atoms with E-state index in [9.17, 15) is 14.4 Å². The van der Waals surface area contributed by atoms with Gasteiger partial charge in [0.05, 0.1) is 0 Å². The summed E-state index contributed by atoms with van der Waals surface area (Å²) in [4.78, 5) is 34.2. The van der Waals surface area contributed by atoms with Crippen LogP contribution in [0.3, 0.4) is 0 Å². The molecule has 6 nitrogen and oxygen atoms in total. The maximum atomic E-state index is 12.1. The van der Waals surface area contributed by atoms with Crippen LogP contribution >= 0.6 is 11.8 Å². The van der Waals surface area contributed by atoms with E-state index in [4.69, 9.17) is 10.8 Å². The van der Waals surface area contributed by atoms with Crippen molar-refractivity contribution in [3.63, 3.8) is 0 Å². The number of carboxylic acid groups (broad SMARTS) is 1. The Morgan fingerprint density at radius 1 is 1.06 bits per heavy atom. The number of allylic oxidation sites excluding steroid dienone is 1. The van der Waals surface area contributed by atoms with Gasteiger partial charge in [-0.1, -0.05) is 54.6 Å². The summed E-state index contributed by atoms with van der Waals surface area (Å²) in [5.41, 5.74) is 10.1. The van der Waals surface area contributed by atoms with Crippen molar-refractivity contribution in [3.8, 4) is 0 Å². The molecule has 0 aromatic heterocycles. The van der Waals surface area contributed by atoms with Crippen LogP contribution in [0.5, 0.6) is 0 Å². The number of primary amides is 1. The van der Waals surface area contributed by atoms with Gasteiger partial charge in [0.2, 0.25) is 11.8 Å². The number of nitrogens with one attached hydrogen (secondary N) is 1. The summed E-state index contributed by atoms with van der Waals surface area (Å²) < 4.78 is 0. The predicted octanol–water partition coefficient (Wildman–Crippen LogP) is 3.67. The number of aliphatic carboxylic acids is 1. The highest BCUT2D eigenvalue weighted by Gasteiger charge is 2.21. The number of hydrogen-bond donors (Lipinski definition) is 3. The Hall–Kier alpha value is -3.06. The smallest absolute Gasteiger partial charge is 0.303 e. The normalized spacial score (nSPS) is 16.4. The summed E-state index contributed by atoms with van der Waals surface area (Å²) in [5, 5.41) is 13.9. The fourth-order valence-electron chi connectivity index (χ4n) is 3.47. The van der Waals surface area contributed by atoms with Gasteiger partial charge in [0.25, 0.3) is 0 Å². The number of thioether (sulfide) groups is 1. The van der Waals surface area contributed by atoms with Crippen LogP contribution in [0.15, 0.2) is 60.0 Å². The second-order valence-corrected chi connectivity index (χ2v) is 8.61. The lowest BCUT2D eigenvalue weighted by molar-refractivity contribution is -0.137. The van der Waals surface area contributed by atoms with Crippen molar-refractivity contribution in [2.45, 2.75) is 43.4 Å². The molecule has 1 heterocycles. The lowest BCUT2D eigenvalue weighted by atomic mass is 9.98. The molecule has 0 radical (unpaired) electrons. The molecule has 1 unspecified atom stereocenters. The SMILES string of the molecule is NC(=O)[C@H](CCC(=O)O)NC(=O)CCc1ccc(C2CC(c3ccccc3)=CS2)cc1. The molecule has 0 spiro atoms. The van der Waals surface area contributed by atoms with Gasteiger partial charge >= 0.3 is 5.97 Å². The Labute approximate surface area is 185 Å². The summed E-state index contributed by atoms with van der Waals surface area (Å²) in [6.07, 6.45) is 1.48. The van der Waals surface area contributed by atoms with E-state index in [0.29, 0.717) is 11.7 Å². The molecule has 4 N–H and O–H groups in total. The van der Waals surface area contributed by atoms with Gasteiger partial charge in [0.15, 0.2) is 0 Å². The number of carbonyl (C=O) groups excluding carboxylic acids is 2. The first kappa shape index (κ1) is 22.6. The van der Waals surface area contributed by atoms with Crippen molar-refractivity contribution in [1.82, 2.24) is 5.32 Å². The highest BCUT2D eigenvalue weighted by Crippen LogP contribution is 2.45. The zero-order valence-electron chi connectivity index (χ0n) is 17.1. The number of aryl methyl sites for hydroxylation is 1. The summed E-state index contributed by atoms with van der Waals surface area (Å²) in [6.45, 7) is 0. The van der Waals surface area contributed by atoms with Crippen molar-refractivity contribution in [3.05, 3.63) is 76.7 Å². The lowest BCUT2D eigenvalue weighted by Crippen LogP contribution is -2.44. The number of carboxylic acids is 1. The average molecular weight is 439 g/mol. The van der Waals surface area contributed by atoms with Crippen molar-refractivity contribution >= 4 is 35.1 Å². The minimum Gasteiger partial charge on any atom is -0.481 e. The first-order chi connectivity index (χ1) is 14.9. The molecule has 162 valence electrons. The van der Waals surface area contributed by atoms with Crippen molar-refractivity contribution in [2.75, 3.05) is 0 Å². The molecular formula is C24H26N2O4S. The molecule has 0 saturated heterocycles. The van der Waals surface area contributed by atoms with E-state index in [1.54, 1.807) is 0 Å². The number of nitrogens with two attached hydrogens (primary N) is 1. The van der Waals surface area contributed by atoms with E-state index in [-0.39, 0.29) is 25.2 Å². The first-order valence-corrected chi connectivity index (χ1v) is 11.2. The van der Waals surface area contributed by atoms with E-state index >= 15 is 0 Å². The standard InChI is InChI=1S/C24H26N2O4S/c25-24(30)20(11-13-23(28)29)26-22(27)12-8-16-6-9-18(10-7-16)21-14-19(15-31-21)17-4-2-1-3-5-17/h1-7,9-10,15,20-21H,8,11-14H2,(H2,25,30)(H,26,27)(H,28,29)/t20-,21?/m0/s1. The Kier molecular flexibility index (Phi) is 7.89.